The van der Waals surface area contributed by atoms with Crippen molar-refractivity contribution < 1.29 is 28.0 Å². The Balaban J connectivity index is 1.83. The second-order valence-electron chi connectivity index (χ2n) is 6.53. The van der Waals surface area contributed by atoms with E-state index in [0.717, 1.165) is 10.7 Å². The number of hydrogen-bond donors (Lipinski definition) is 1. The van der Waals surface area contributed by atoms with Crippen molar-refractivity contribution in [2.45, 2.75) is 4.90 Å². The Morgan fingerprint density at radius 3 is 2.58 bits per heavy atom. The van der Waals surface area contributed by atoms with E-state index in [-0.39, 0.29) is 42.6 Å². The second kappa shape index (κ2) is 8.19. The molecule has 162 valence electrons. The Labute approximate surface area is 180 Å². The molecule has 3 heterocycles. The van der Waals surface area contributed by atoms with Crippen LogP contribution in [0.15, 0.2) is 46.7 Å². The van der Waals surface area contributed by atoms with Gasteiger partial charge < -0.3 is 9.84 Å². The second-order valence-corrected chi connectivity index (χ2v) is 9.42. The molecule has 0 atom stereocenters. The molecule has 31 heavy (non-hydrogen) atoms. The fraction of sp³-hybridized carbons (Fsp3) is 0.222. The highest BCUT2D eigenvalue weighted by atomic mass is 32.2. The van der Waals surface area contributed by atoms with Crippen LogP contribution in [0.1, 0.15) is 10.5 Å². The monoisotopic (exact) mass is 464 g/mol. The van der Waals surface area contributed by atoms with Gasteiger partial charge in [-0.25, -0.2) is 17.9 Å². The van der Waals surface area contributed by atoms with Gasteiger partial charge in [0.15, 0.2) is 5.69 Å². The van der Waals surface area contributed by atoms with E-state index in [2.05, 4.69) is 5.10 Å². The molecule has 1 aromatic carbocycles. The number of nitrogens with zero attached hydrogens (tertiary/aromatic N) is 4. The van der Waals surface area contributed by atoms with Gasteiger partial charge in [0, 0.05) is 25.2 Å². The van der Waals surface area contributed by atoms with E-state index in [0.29, 0.717) is 10.6 Å². The number of carboxylic acids is 1. The molecule has 0 radical (unpaired) electrons. The van der Waals surface area contributed by atoms with E-state index >= 15 is 0 Å². The maximum Gasteiger partial charge on any atom is 0.354 e. The molecule has 0 amide bonds. The summed E-state index contributed by atoms with van der Waals surface area (Å²) in [6.07, 6.45) is 0. The van der Waals surface area contributed by atoms with Crippen LogP contribution in [-0.4, -0.2) is 64.8 Å². The zero-order valence-corrected chi connectivity index (χ0v) is 17.5. The van der Waals surface area contributed by atoms with Crippen molar-refractivity contribution in [1.82, 2.24) is 14.1 Å². The Morgan fingerprint density at radius 1 is 1.23 bits per heavy atom. The molecule has 1 aliphatic rings. The zero-order chi connectivity index (χ0) is 22.2. The van der Waals surface area contributed by atoms with Crippen LogP contribution in [0.3, 0.4) is 0 Å². The minimum absolute atomic E-state index is 0.143. The SMILES string of the molecule is O=C(O)c1cc(-c2cccs2)nn1-c1ccc(S(=O)(=O)N2CCOCC2)cc1[N+](=O)[O-]. The first-order chi connectivity index (χ1) is 14.8. The lowest BCUT2D eigenvalue weighted by molar-refractivity contribution is -0.384. The number of aromatic carboxylic acids is 1. The molecule has 0 aliphatic carbocycles. The molecule has 0 unspecified atom stereocenters. The molecule has 2 aromatic heterocycles. The number of morpholine rings is 1. The van der Waals surface area contributed by atoms with Gasteiger partial charge in [0.2, 0.25) is 10.0 Å². The van der Waals surface area contributed by atoms with Gasteiger partial charge in [-0.15, -0.1) is 11.3 Å². The van der Waals surface area contributed by atoms with Crippen LogP contribution in [0.25, 0.3) is 16.3 Å². The minimum atomic E-state index is -3.97. The summed E-state index contributed by atoms with van der Waals surface area (Å²) in [5, 5.41) is 27.4. The summed E-state index contributed by atoms with van der Waals surface area (Å²) < 4.78 is 33.1. The fourth-order valence-corrected chi connectivity index (χ4v) is 5.30. The lowest BCUT2D eigenvalue weighted by Gasteiger charge is -2.26. The van der Waals surface area contributed by atoms with Crippen molar-refractivity contribution in [2.75, 3.05) is 26.3 Å². The van der Waals surface area contributed by atoms with Crippen LogP contribution in [0, 0.1) is 10.1 Å². The third kappa shape index (κ3) is 3.95. The molecule has 1 saturated heterocycles. The standard InChI is InChI=1S/C18H16N4O7S2/c23-18(24)16-11-13(17-2-1-9-30-17)19-21(16)14-4-3-12(10-15(14)22(25)26)31(27,28)20-5-7-29-8-6-20/h1-4,9-11H,5-8H2,(H,23,24). The smallest absolute Gasteiger partial charge is 0.354 e. The van der Waals surface area contributed by atoms with Gasteiger partial charge in [0.1, 0.15) is 11.4 Å². The topological polar surface area (TPSA) is 145 Å². The average Bonchev–Trinajstić information content (AvgIpc) is 3.44. The Morgan fingerprint density at radius 2 is 1.97 bits per heavy atom. The molecular formula is C18H16N4O7S2. The predicted octanol–water partition coefficient (Wildman–Crippen LogP) is 2.23. The van der Waals surface area contributed by atoms with E-state index in [9.17, 15) is 28.4 Å². The van der Waals surface area contributed by atoms with E-state index in [1.807, 2.05) is 0 Å². The summed E-state index contributed by atoms with van der Waals surface area (Å²) in [4.78, 5) is 23.2. The zero-order valence-electron chi connectivity index (χ0n) is 15.9. The van der Waals surface area contributed by atoms with Gasteiger partial charge >= 0.3 is 5.97 Å². The summed E-state index contributed by atoms with van der Waals surface area (Å²) in [5.74, 6) is -1.32. The summed E-state index contributed by atoms with van der Waals surface area (Å²) in [5.41, 5.74) is -0.661. The quantitative estimate of drug-likeness (QED) is 0.432. The van der Waals surface area contributed by atoms with Crippen LogP contribution in [0.4, 0.5) is 5.69 Å². The molecule has 11 nitrogen and oxygen atoms in total. The number of carbonyl (C=O) groups is 1. The molecular weight excluding hydrogens is 448 g/mol. The van der Waals surface area contributed by atoms with Crippen molar-refractivity contribution >= 4 is 33.0 Å². The number of nitro groups is 1. The van der Waals surface area contributed by atoms with Crippen LogP contribution in [-0.2, 0) is 14.8 Å². The molecule has 3 aromatic rings. The lowest BCUT2D eigenvalue weighted by Crippen LogP contribution is -2.40. The Hall–Kier alpha value is -3.13. The van der Waals surface area contributed by atoms with Crippen LogP contribution >= 0.6 is 11.3 Å². The van der Waals surface area contributed by atoms with Crippen molar-refractivity contribution in [2.24, 2.45) is 0 Å². The lowest BCUT2D eigenvalue weighted by atomic mass is 10.2. The maximum atomic E-state index is 12.9. The van der Waals surface area contributed by atoms with Gasteiger partial charge in [0.05, 0.1) is 27.9 Å². The number of ether oxygens (including phenoxy) is 1. The highest BCUT2D eigenvalue weighted by molar-refractivity contribution is 7.89. The third-order valence-corrected chi connectivity index (χ3v) is 7.47. The number of nitro benzene ring substituents is 1. The first kappa shape index (κ1) is 21.1. The van der Waals surface area contributed by atoms with Crippen molar-refractivity contribution in [3.8, 4) is 16.3 Å². The van der Waals surface area contributed by atoms with Crippen molar-refractivity contribution in [3.63, 3.8) is 0 Å². The maximum absolute atomic E-state index is 12.9. The van der Waals surface area contributed by atoms with E-state index in [1.165, 1.54) is 33.8 Å². The average molecular weight is 464 g/mol. The highest BCUT2D eigenvalue weighted by Crippen LogP contribution is 2.31. The number of sulfonamides is 1. The van der Waals surface area contributed by atoms with Gasteiger partial charge in [-0.05, 0) is 23.6 Å². The molecule has 4 rings (SSSR count). The molecule has 0 saturated carbocycles. The van der Waals surface area contributed by atoms with Gasteiger partial charge in [-0.3, -0.25) is 10.1 Å². The number of rotatable bonds is 6. The first-order valence-electron chi connectivity index (χ1n) is 9.03. The van der Waals surface area contributed by atoms with Gasteiger partial charge in [-0.2, -0.15) is 9.40 Å². The fourth-order valence-electron chi connectivity index (χ4n) is 3.19. The summed E-state index contributed by atoms with van der Waals surface area (Å²) in [7, 11) is -3.97. The van der Waals surface area contributed by atoms with Crippen molar-refractivity contribution in [3.05, 3.63) is 57.6 Å². The molecule has 1 fully saturated rings. The summed E-state index contributed by atoms with van der Waals surface area (Å²) in [6.45, 7) is 0.759. The number of carboxylic acid groups (broad SMARTS) is 1. The van der Waals surface area contributed by atoms with Gasteiger partial charge in [-0.1, -0.05) is 6.07 Å². The Bertz CT molecular complexity index is 1250. The molecule has 0 spiro atoms. The predicted molar refractivity (Wildman–Crippen MR) is 110 cm³/mol. The largest absolute Gasteiger partial charge is 0.477 e. The molecule has 1 aliphatic heterocycles. The highest BCUT2D eigenvalue weighted by Gasteiger charge is 2.30. The summed E-state index contributed by atoms with van der Waals surface area (Å²) >= 11 is 1.34. The van der Waals surface area contributed by atoms with E-state index in [1.54, 1.807) is 17.5 Å². The number of aromatic nitrogens is 2. The molecule has 0 bridgehead atoms. The van der Waals surface area contributed by atoms with Crippen LogP contribution in [0.5, 0.6) is 0 Å². The van der Waals surface area contributed by atoms with Gasteiger partial charge in [0.25, 0.3) is 5.69 Å². The molecule has 1 N–H and O–H groups in total. The van der Waals surface area contributed by atoms with Crippen LogP contribution < -0.4 is 0 Å². The van der Waals surface area contributed by atoms with Crippen LogP contribution in [0.2, 0.25) is 0 Å². The Kier molecular flexibility index (Phi) is 5.58. The van der Waals surface area contributed by atoms with Crippen molar-refractivity contribution in [1.29, 1.82) is 0 Å². The summed E-state index contributed by atoms with van der Waals surface area (Å²) in [6, 6.07) is 8.17. The number of thiophene rings is 1. The minimum Gasteiger partial charge on any atom is -0.477 e. The van der Waals surface area contributed by atoms with E-state index in [4.69, 9.17) is 4.74 Å². The number of hydrogen-bond acceptors (Lipinski definition) is 8. The first-order valence-corrected chi connectivity index (χ1v) is 11.3. The number of benzene rings is 1. The van der Waals surface area contributed by atoms with E-state index < -0.39 is 26.6 Å². The normalized spacial score (nSPS) is 15.1. The molecule has 13 heteroatoms. The third-order valence-electron chi connectivity index (χ3n) is 4.68.